The molecular formula is C11H15FN2S. The van der Waals surface area contributed by atoms with Gasteiger partial charge in [0.2, 0.25) is 0 Å². The molecule has 0 amide bonds. The van der Waals surface area contributed by atoms with Crippen molar-refractivity contribution in [3.63, 3.8) is 0 Å². The Kier molecular flexibility index (Phi) is 5.39. The van der Waals surface area contributed by atoms with Crippen molar-refractivity contribution < 1.29 is 4.39 Å². The number of hydrogen-bond acceptors (Lipinski definition) is 3. The molecule has 0 aromatic heterocycles. The van der Waals surface area contributed by atoms with Crippen LogP contribution in [0.5, 0.6) is 0 Å². The molecule has 1 aromatic carbocycles. The Hall–Kier alpha value is -0.840. The summed E-state index contributed by atoms with van der Waals surface area (Å²) in [7, 11) is 0. The SMILES string of the molecule is C=CCC(CSc1ccc(F)cc1)NN. The lowest BCUT2D eigenvalue weighted by Crippen LogP contribution is -2.36. The van der Waals surface area contributed by atoms with Gasteiger partial charge in [-0.05, 0) is 30.7 Å². The first kappa shape index (κ1) is 12.2. The van der Waals surface area contributed by atoms with Gasteiger partial charge in [0.25, 0.3) is 0 Å². The van der Waals surface area contributed by atoms with E-state index in [1.807, 2.05) is 6.08 Å². The van der Waals surface area contributed by atoms with Gasteiger partial charge in [-0.2, -0.15) is 0 Å². The van der Waals surface area contributed by atoms with E-state index >= 15 is 0 Å². The van der Waals surface area contributed by atoms with E-state index in [1.165, 1.54) is 12.1 Å². The molecule has 1 unspecified atom stereocenters. The van der Waals surface area contributed by atoms with Crippen molar-refractivity contribution in [2.75, 3.05) is 5.75 Å². The van der Waals surface area contributed by atoms with Gasteiger partial charge < -0.3 is 0 Å². The Labute approximate surface area is 93.7 Å². The monoisotopic (exact) mass is 226 g/mol. The Morgan fingerprint density at radius 1 is 1.47 bits per heavy atom. The second kappa shape index (κ2) is 6.61. The lowest BCUT2D eigenvalue weighted by Gasteiger charge is -2.12. The van der Waals surface area contributed by atoms with E-state index in [9.17, 15) is 4.39 Å². The van der Waals surface area contributed by atoms with Crippen molar-refractivity contribution in [1.29, 1.82) is 0 Å². The van der Waals surface area contributed by atoms with Crippen molar-refractivity contribution in [3.8, 4) is 0 Å². The predicted molar refractivity (Wildman–Crippen MR) is 63.0 cm³/mol. The minimum absolute atomic E-state index is 0.206. The summed E-state index contributed by atoms with van der Waals surface area (Å²) in [6.45, 7) is 3.66. The van der Waals surface area contributed by atoms with Crippen LogP contribution in [-0.2, 0) is 0 Å². The van der Waals surface area contributed by atoms with E-state index in [2.05, 4.69) is 12.0 Å². The molecule has 3 N–H and O–H groups in total. The molecule has 4 heteroatoms. The van der Waals surface area contributed by atoms with E-state index in [4.69, 9.17) is 5.84 Å². The summed E-state index contributed by atoms with van der Waals surface area (Å²) in [5, 5.41) is 0. The van der Waals surface area contributed by atoms with Crippen LogP contribution in [0.1, 0.15) is 6.42 Å². The summed E-state index contributed by atoms with van der Waals surface area (Å²) in [6.07, 6.45) is 2.65. The highest BCUT2D eigenvalue weighted by molar-refractivity contribution is 7.99. The minimum Gasteiger partial charge on any atom is -0.271 e. The lowest BCUT2D eigenvalue weighted by atomic mass is 10.2. The zero-order chi connectivity index (χ0) is 11.1. The number of halogens is 1. The average molecular weight is 226 g/mol. The van der Waals surface area contributed by atoms with Crippen LogP contribution in [0, 0.1) is 5.82 Å². The molecule has 15 heavy (non-hydrogen) atoms. The fraction of sp³-hybridized carbons (Fsp3) is 0.273. The van der Waals surface area contributed by atoms with Gasteiger partial charge in [0.1, 0.15) is 5.82 Å². The molecule has 0 saturated carbocycles. The zero-order valence-corrected chi connectivity index (χ0v) is 9.27. The van der Waals surface area contributed by atoms with Gasteiger partial charge in [-0.1, -0.05) is 6.08 Å². The third kappa shape index (κ3) is 4.46. The molecule has 0 fully saturated rings. The van der Waals surface area contributed by atoms with Gasteiger partial charge in [-0.25, -0.2) is 4.39 Å². The molecule has 0 bridgehead atoms. The molecule has 0 saturated heterocycles. The molecule has 0 radical (unpaired) electrons. The highest BCUT2D eigenvalue weighted by Gasteiger charge is 2.04. The van der Waals surface area contributed by atoms with Crippen molar-refractivity contribution in [1.82, 2.24) is 5.43 Å². The highest BCUT2D eigenvalue weighted by atomic mass is 32.2. The van der Waals surface area contributed by atoms with E-state index < -0.39 is 0 Å². The quantitative estimate of drug-likeness (QED) is 0.338. The maximum Gasteiger partial charge on any atom is 0.123 e. The fourth-order valence-corrected chi connectivity index (χ4v) is 2.07. The van der Waals surface area contributed by atoms with Crippen LogP contribution in [0.2, 0.25) is 0 Å². The van der Waals surface area contributed by atoms with Crippen LogP contribution in [0.25, 0.3) is 0 Å². The van der Waals surface area contributed by atoms with Crippen molar-refractivity contribution >= 4 is 11.8 Å². The Bertz CT molecular complexity index is 300. The molecular weight excluding hydrogens is 211 g/mol. The summed E-state index contributed by atoms with van der Waals surface area (Å²) in [5.74, 6) is 6.01. The molecule has 1 atom stereocenters. The number of benzene rings is 1. The fourth-order valence-electron chi connectivity index (χ4n) is 1.11. The summed E-state index contributed by atoms with van der Waals surface area (Å²) in [6, 6.07) is 6.65. The maximum atomic E-state index is 12.6. The summed E-state index contributed by atoms with van der Waals surface area (Å²) in [4.78, 5) is 1.04. The first-order valence-corrected chi connectivity index (χ1v) is 5.70. The largest absolute Gasteiger partial charge is 0.271 e. The highest BCUT2D eigenvalue weighted by Crippen LogP contribution is 2.19. The van der Waals surface area contributed by atoms with Gasteiger partial charge in [-0.3, -0.25) is 11.3 Å². The molecule has 0 aliphatic heterocycles. The van der Waals surface area contributed by atoms with Gasteiger partial charge in [0.15, 0.2) is 0 Å². The van der Waals surface area contributed by atoms with Gasteiger partial charge in [-0.15, -0.1) is 18.3 Å². The van der Waals surface area contributed by atoms with Gasteiger partial charge in [0.05, 0.1) is 0 Å². The standard InChI is InChI=1S/C11H15FN2S/c1-2-3-10(14-13)8-15-11-6-4-9(12)5-7-11/h2,4-7,10,14H,1,3,8,13H2. The second-order valence-corrected chi connectivity index (χ2v) is 4.25. The zero-order valence-electron chi connectivity index (χ0n) is 8.45. The summed E-state index contributed by atoms with van der Waals surface area (Å²) in [5.41, 5.74) is 2.72. The normalized spacial score (nSPS) is 12.4. The van der Waals surface area contributed by atoms with Crippen LogP contribution >= 0.6 is 11.8 Å². The topological polar surface area (TPSA) is 38.0 Å². The van der Waals surface area contributed by atoms with Crippen LogP contribution < -0.4 is 11.3 Å². The van der Waals surface area contributed by atoms with E-state index in [-0.39, 0.29) is 11.9 Å². The number of nitrogens with one attached hydrogen (secondary N) is 1. The molecule has 82 valence electrons. The van der Waals surface area contributed by atoms with Crippen molar-refractivity contribution in [2.24, 2.45) is 5.84 Å². The van der Waals surface area contributed by atoms with Crippen molar-refractivity contribution in [3.05, 3.63) is 42.7 Å². The van der Waals surface area contributed by atoms with E-state index in [1.54, 1.807) is 23.9 Å². The first-order chi connectivity index (χ1) is 7.26. The Morgan fingerprint density at radius 3 is 2.67 bits per heavy atom. The van der Waals surface area contributed by atoms with E-state index in [0.717, 1.165) is 17.1 Å². The molecule has 0 spiro atoms. The minimum atomic E-state index is -0.209. The van der Waals surface area contributed by atoms with Gasteiger partial charge >= 0.3 is 0 Å². The average Bonchev–Trinajstić information content (AvgIpc) is 2.26. The third-order valence-corrected chi connectivity index (χ3v) is 3.13. The van der Waals surface area contributed by atoms with E-state index in [0.29, 0.717) is 0 Å². The number of thioether (sulfide) groups is 1. The van der Waals surface area contributed by atoms with Crippen LogP contribution in [0.15, 0.2) is 41.8 Å². The summed E-state index contributed by atoms with van der Waals surface area (Å²) < 4.78 is 12.6. The number of nitrogens with two attached hydrogens (primary N) is 1. The number of rotatable bonds is 6. The lowest BCUT2D eigenvalue weighted by molar-refractivity contribution is 0.585. The molecule has 2 nitrogen and oxygen atoms in total. The second-order valence-electron chi connectivity index (χ2n) is 3.15. The molecule has 0 heterocycles. The number of hydrazine groups is 1. The van der Waals surface area contributed by atoms with Crippen LogP contribution in [-0.4, -0.2) is 11.8 Å². The van der Waals surface area contributed by atoms with Crippen LogP contribution in [0.3, 0.4) is 0 Å². The predicted octanol–water partition coefficient (Wildman–Crippen LogP) is 2.33. The van der Waals surface area contributed by atoms with Gasteiger partial charge in [0, 0.05) is 16.7 Å². The first-order valence-electron chi connectivity index (χ1n) is 4.71. The molecule has 0 aliphatic carbocycles. The number of hydrogen-bond donors (Lipinski definition) is 2. The molecule has 0 aliphatic rings. The Balaban J connectivity index is 2.41. The third-order valence-electron chi connectivity index (χ3n) is 1.95. The van der Waals surface area contributed by atoms with Crippen LogP contribution in [0.4, 0.5) is 4.39 Å². The molecule has 1 rings (SSSR count). The smallest absolute Gasteiger partial charge is 0.123 e. The Morgan fingerprint density at radius 2 is 2.13 bits per heavy atom. The maximum absolute atomic E-state index is 12.6. The van der Waals surface area contributed by atoms with Crippen molar-refractivity contribution in [2.45, 2.75) is 17.4 Å². The molecule has 1 aromatic rings. The summed E-state index contributed by atoms with van der Waals surface area (Å²) >= 11 is 1.64.